The van der Waals surface area contributed by atoms with Gasteiger partial charge in [0.1, 0.15) is 0 Å². The fourth-order valence-corrected chi connectivity index (χ4v) is 3.10. The number of benzene rings is 1. The molecule has 1 aliphatic heterocycles. The average molecular weight is 326 g/mol. The minimum Gasteiger partial charge on any atom is -0.409 e. The minimum absolute atomic E-state index is 0.139. The van der Waals surface area contributed by atoms with Crippen LogP contribution in [0.3, 0.4) is 0 Å². The summed E-state index contributed by atoms with van der Waals surface area (Å²) in [5, 5.41) is 11.7. The van der Waals surface area contributed by atoms with Crippen LogP contribution in [0, 0.1) is 0 Å². The van der Waals surface area contributed by atoms with E-state index in [1.54, 1.807) is 0 Å². The first-order chi connectivity index (χ1) is 9.22. The van der Waals surface area contributed by atoms with Gasteiger partial charge in [0.15, 0.2) is 5.84 Å². The molecule has 1 aromatic rings. The molecule has 1 aliphatic rings. The summed E-state index contributed by atoms with van der Waals surface area (Å²) >= 11 is 3.59. The monoisotopic (exact) mass is 325 g/mol. The predicted octanol–water partition coefficient (Wildman–Crippen LogP) is 3.31. The summed E-state index contributed by atoms with van der Waals surface area (Å²) in [5.41, 5.74) is 7.52. The molecule has 19 heavy (non-hydrogen) atoms. The van der Waals surface area contributed by atoms with Gasteiger partial charge in [0, 0.05) is 23.1 Å². The number of nitrogens with zero attached hydrogens (tertiary/aromatic N) is 2. The largest absolute Gasteiger partial charge is 0.409 e. The van der Waals surface area contributed by atoms with E-state index in [-0.39, 0.29) is 5.84 Å². The second kappa shape index (κ2) is 6.80. The molecule has 5 heteroatoms. The van der Waals surface area contributed by atoms with E-state index < -0.39 is 0 Å². The molecule has 1 fully saturated rings. The van der Waals surface area contributed by atoms with Gasteiger partial charge in [0.05, 0.1) is 5.69 Å². The molecule has 104 valence electrons. The zero-order valence-electron chi connectivity index (χ0n) is 11.0. The second-order valence-electron chi connectivity index (χ2n) is 4.91. The van der Waals surface area contributed by atoms with E-state index in [1.807, 2.05) is 18.2 Å². The van der Waals surface area contributed by atoms with Gasteiger partial charge in [-0.05, 0) is 47.0 Å². The fourth-order valence-electron chi connectivity index (χ4n) is 2.47. The normalized spacial score (nSPS) is 17.9. The average Bonchev–Trinajstić information content (AvgIpc) is 2.38. The van der Waals surface area contributed by atoms with E-state index in [0.29, 0.717) is 0 Å². The van der Waals surface area contributed by atoms with Crippen LogP contribution in [0.2, 0.25) is 0 Å². The Morgan fingerprint density at radius 1 is 1.16 bits per heavy atom. The highest BCUT2D eigenvalue weighted by Gasteiger charge is 2.13. The predicted molar refractivity (Wildman–Crippen MR) is 82.0 cm³/mol. The number of hydrogen-bond acceptors (Lipinski definition) is 3. The molecule has 0 aromatic heterocycles. The maximum absolute atomic E-state index is 8.70. The molecule has 0 bridgehead atoms. The standard InChI is InChI=1S/C14H20BrN3O/c15-12-10-11(14(16)17-19)6-7-13(12)18-8-4-2-1-3-5-9-18/h6-7,10,19H,1-5,8-9H2,(H2,16,17). The molecule has 3 N–H and O–H groups in total. The van der Waals surface area contributed by atoms with Crippen molar-refractivity contribution in [2.45, 2.75) is 32.1 Å². The number of hydrogen-bond donors (Lipinski definition) is 2. The van der Waals surface area contributed by atoms with Gasteiger partial charge in [-0.15, -0.1) is 0 Å². The molecule has 0 spiro atoms. The lowest BCUT2D eigenvalue weighted by atomic mass is 10.1. The molecule has 0 amide bonds. The molecule has 1 heterocycles. The number of oxime groups is 1. The van der Waals surface area contributed by atoms with Crippen molar-refractivity contribution >= 4 is 27.5 Å². The van der Waals surface area contributed by atoms with Crippen molar-refractivity contribution in [3.05, 3.63) is 28.2 Å². The maximum Gasteiger partial charge on any atom is 0.170 e. The molecular formula is C14H20BrN3O. The van der Waals surface area contributed by atoms with Crippen molar-refractivity contribution in [3.8, 4) is 0 Å². The fraction of sp³-hybridized carbons (Fsp3) is 0.500. The number of halogens is 1. The first-order valence-electron chi connectivity index (χ1n) is 6.75. The first-order valence-corrected chi connectivity index (χ1v) is 7.54. The molecular weight excluding hydrogens is 306 g/mol. The van der Waals surface area contributed by atoms with Crippen molar-refractivity contribution in [1.29, 1.82) is 0 Å². The van der Waals surface area contributed by atoms with Crippen LogP contribution in [0.25, 0.3) is 0 Å². The van der Waals surface area contributed by atoms with E-state index in [0.717, 1.165) is 23.1 Å². The second-order valence-corrected chi connectivity index (χ2v) is 5.76. The Balaban J connectivity index is 2.19. The summed E-state index contributed by atoms with van der Waals surface area (Å²) in [6, 6.07) is 5.84. The molecule has 0 saturated carbocycles. The maximum atomic E-state index is 8.70. The summed E-state index contributed by atoms with van der Waals surface area (Å²) < 4.78 is 0.997. The van der Waals surface area contributed by atoms with Gasteiger partial charge in [0.2, 0.25) is 0 Å². The summed E-state index contributed by atoms with van der Waals surface area (Å²) in [6.07, 6.45) is 6.48. The summed E-state index contributed by atoms with van der Waals surface area (Å²) in [7, 11) is 0. The van der Waals surface area contributed by atoms with Gasteiger partial charge in [-0.25, -0.2) is 0 Å². The zero-order valence-corrected chi connectivity index (χ0v) is 12.6. The Morgan fingerprint density at radius 3 is 2.37 bits per heavy atom. The highest BCUT2D eigenvalue weighted by molar-refractivity contribution is 9.10. The number of anilines is 1. The molecule has 0 aliphatic carbocycles. The zero-order chi connectivity index (χ0) is 13.7. The molecule has 2 rings (SSSR count). The van der Waals surface area contributed by atoms with Gasteiger partial charge in [-0.2, -0.15) is 0 Å². The molecule has 4 nitrogen and oxygen atoms in total. The summed E-state index contributed by atoms with van der Waals surface area (Å²) in [5.74, 6) is 0.139. The highest BCUT2D eigenvalue weighted by Crippen LogP contribution is 2.29. The van der Waals surface area contributed by atoms with Gasteiger partial charge in [-0.1, -0.05) is 24.4 Å². The van der Waals surface area contributed by atoms with Crippen molar-refractivity contribution in [2.24, 2.45) is 10.9 Å². The van der Waals surface area contributed by atoms with E-state index in [2.05, 4.69) is 26.0 Å². The Kier molecular flexibility index (Phi) is 5.07. The van der Waals surface area contributed by atoms with E-state index in [9.17, 15) is 0 Å². The lowest BCUT2D eigenvalue weighted by Gasteiger charge is -2.28. The van der Waals surface area contributed by atoms with Crippen LogP contribution >= 0.6 is 15.9 Å². The third kappa shape index (κ3) is 3.62. The Labute approximate surface area is 122 Å². The van der Waals surface area contributed by atoms with Crippen molar-refractivity contribution < 1.29 is 5.21 Å². The summed E-state index contributed by atoms with van der Waals surface area (Å²) in [4.78, 5) is 2.42. The lowest BCUT2D eigenvalue weighted by Crippen LogP contribution is -2.27. The van der Waals surface area contributed by atoms with E-state index in [1.165, 1.54) is 37.8 Å². The van der Waals surface area contributed by atoms with Gasteiger partial charge >= 0.3 is 0 Å². The SMILES string of the molecule is N/C(=N/O)c1ccc(N2CCCCCCC2)c(Br)c1. The third-order valence-electron chi connectivity index (χ3n) is 3.55. The van der Waals surface area contributed by atoms with Crippen LogP contribution < -0.4 is 10.6 Å². The number of rotatable bonds is 2. The van der Waals surface area contributed by atoms with E-state index in [4.69, 9.17) is 10.9 Å². The highest BCUT2D eigenvalue weighted by atomic mass is 79.9. The molecule has 0 unspecified atom stereocenters. The van der Waals surface area contributed by atoms with Crippen molar-refractivity contribution in [1.82, 2.24) is 0 Å². The summed E-state index contributed by atoms with van der Waals surface area (Å²) in [6.45, 7) is 2.20. The van der Waals surface area contributed by atoms with Crippen molar-refractivity contribution in [2.75, 3.05) is 18.0 Å². The Morgan fingerprint density at radius 2 is 1.79 bits per heavy atom. The third-order valence-corrected chi connectivity index (χ3v) is 4.18. The van der Waals surface area contributed by atoms with Gasteiger partial charge in [0.25, 0.3) is 0 Å². The van der Waals surface area contributed by atoms with Crippen LogP contribution in [0.1, 0.15) is 37.7 Å². The quantitative estimate of drug-likeness (QED) is 0.379. The smallest absolute Gasteiger partial charge is 0.170 e. The van der Waals surface area contributed by atoms with Crippen molar-refractivity contribution in [3.63, 3.8) is 0 Å². The van der Waals surface area contributed by atoms with Crippen LogP contribution in [0.15, 0.2) is 27.8 Å². The Bertz CT molecular complexity index is 454. The molecule has 0 radical (unpaired) electrons. The van der Waals surface area contributed by atoms with Crippen LogP contribution in [0.4, 0.5) is 5.69 Å². The van der Waals surface area contributed by atoms with Gasteiger partial charge < -0.3 is 15.8 Å². The number of amidine groups is 1. The molecule has 1 saturated heterocycles. The first kappa shape index (κ1) is 14.2. The molecule has 0 atom stereocenters. The number of nitrogens with two attached hydrogens (primary N) is 1. The van der Waals surface area contributed by atoms with Crippen LogP contribution in [-0.2, 0) is 0 Å². The Hall–Kier alpha value is -1.23. The van der Waals surface area contributed by atoms with E-state index >= 15 is 0 Å². The topological polar surface area (TPSA) is 61.9 Å². The molecule has 1 aromatic carbocycles. The van der Waals surface area contributed by atoms with Crippen LogP contribution in [-0.4, -0.2) is 24.1 Å². The lowest BCUT2D eigenvalue weighted by molar-refractivity contribution is 0.318. The minimum atomic E-state index is 0.139. The van der Waals surface area contributed by atoms with Crippen LogP contribution in [0.5, 0.6) is 0 Å². The van der Waals surface area contributed by atoms with Gasteiger partial charge in [-0.3, -0.25) is 0 Å².